The molecular formula is C11H14BrFN2OS. The van der Waals surface area contributed by atoms with E-state index in [0.717, 1.165) is 0 Å². The quantitative estimate of drug-likeness (QED) is 0.836. The van der Waals surface area contributed by atoms with Gasteiger partial charge in [-0.1, -0.05) is 15.9 Å². The van der Waals surface area contributed by atoms with Crippen LogP contribution in [0.3, 0.4) is 0 Å². The van der Waals surface area contributed by atoms with Crippen LogP contribution in [0.15, 0.2) is 22.7 Å². The average Bonchev–Trinajstić information content (AvgIpc) is 2.22. The summed E-state index contributed by atoms with van der Waals surface area (Å²) >= 11 is 8.25. The van der Waals surface area contributed by atoms with Crippen molar-refractivity contribution >= 4 is 38.9 Å². The fourth-order valence-corrected chi connectivity index (χ4v) is 1.91. The second-order valence-electron chi connectivity index (χ2n) is 3.58. The first-order chi connectivity index (χ1) is 8.02. The molecule has 0 aliphatic carbocycles. The Morgan fingerprint density at radius 2 is 2.29 bits per heavy atom. The van der Waals surface area contributed by atoms with E-state index in [9.17, 15) is 4.39 Å². The smallest absolute Gasteiger partial charge is 0.171 e. The molecule has 1 aromatic rings. The highest BCUT2D eigenvalue weighted by molar-refractivity contribution is 9.10. The predicted octanol–water partition coefficient (Wildman–Crippen LogP) is 2.91. The third kappa shape index (κ3) is 4.97. The Labute approximate surface area is 114 Å². The van der Waals surface area contributed by atoms with Crippen molar-refractivity contribution in [3.05, 3.63) is 28.5 Å². The molecule has 94 valence electrons. The molecule has 0 aromatic heterocycles. The largest absolute Gasteiger partial charge is 0.383 e. The first-order valence-electron chi connectivity index (χ1n) is 5.04. The molecule has 0 aliphatic heterocycles. The molecule has 0 saturated carbocycles. The van der Waals surface area contributed by atoms with Gasteiger partial charge < -0.3 is 15.4 Å². The summed E-state index contributed by atoms with van der Waals surface area (Å²) in [6, 6.07) is 4.81. The second kappa shape index (κ2) is 6.88. The number of thiocarbonyl (C=S) groups is 1. The van der Waals surface area contributed by atoms with Gasteiger partial charge in [0.05, 0.1) is 12.3 Å². The first-order valence-corrected chi connectivity index (χ1v) is 6.24. The highest BCUT2D eigenvalue weighted by Gasteiger charge is 2.07. The Kier molecular flexibility index (Phi) is 5.80. The monoisotopic (exact) mass is 320 g/mol. The molecule has 0 spiro atoms. The summed E-state index contributed by atoms with van der Waals surface area (Å²) in [5.41, 5.74) is 0.343. The first kappa shape index (κ1) is 14.3. The van der Waals surface area contributed by atoms with E-state index in [-0.39, 0.29) is 11.9 Å². The van der Waals surface area contributed by atoms with Crippen LogP contribution in [0.1, 0.15) is 6.92 Å². The van der Waals surface area contributed by atoms with Crippen LogP contribution in [0.2, 0.25) is 0 Å². The lowest BCUT2D eigenvalue weighted by Gasteiger charge is -2.16. The molecule has 0 bridgehead atoms. The number of rotatable bonds is 4. The molecule has 1 rings (SSSR count). The molecule has 0 heterocycles. The molecule has 6 heteroatoms. The van der Waals surface area contributed by atoms with E-state index in [2.05, 4.69) is 26.6 Å². The fourth-order valence-electron chi connectivity index (χ4n) is 1.26. The summed E-state index contributed by atoms with van der Waals surface area (Å²) in [5.74, 6) is -0.358. The highest BCUT2D eigenvalue weighted by Crippen LogP contribution is 2.19. The Morgan fingerprint density at radius 1 is 1.59 bits per heavy atom. The number of methoxy groups -OCH3 is 1. The van der Waals surface area contributed by atoms with Crippen molar-refractivity contribution in [2.75, 3.05) is 19.0 Å². The minimum Gasteiger partial charge on any atom is -0.383 e. The van der Waals surface area contributed by atoms with Gasteiger partial charge in [-0.25, -0.2) is 4.39 Å². The van der Waals surface area contributed by atoms with Gasteiger partial charge in [-0.3, -0.25) is 0 Å². The maximum absolute atomic E-state index is 13.5. The molecule has 1 unspecified atom stereocenters. The fraction of sp³-hybridized carbons (Fsp3) is 0.364. The molecule has 0 amide bonds. The number of halogens is 2. The molecule has 0 saturated heterocycles. The Bertz CT molecular complexity index is 403. The van der Waals surface area contributed by atoms with E-state index in [4.69, 9.17) is 17.0 Å². The Hall–Kier alpha value is -0.720. The Balaban J connectivity index is 2.56. The van der Waals surface area contributed by atoms with Crippen LogP contribution < -0.4 is 10.6 Å². The minimum atomic E-state index is -0.358. The predicted molar refractivity (Wildman–Crippen MR) is 74.8 cm³/mol. The van der Waals surface area contributed by atoms with Gasteiger partial charge in [-0.15, -0.1) is 0 Å². The van der Waals surface area contributed by atoms with Crippen molar-refractivity contribution in [2.24, 2.45) is 0 Å². The summed E-state index contributed by atoms with van der Waals surface area (Å²) in [6.45, 7) is 2.46. The molecule has 0 aliphatic rings. The number of benzene rings is 1. The topological polar surface area (TPSA) is 33.3 Å². The van der Waals surface area contributed by atoms with Crippen molar-refractivity contribution in [2.45, 2.75) is 13.0 Å². The zero-order valence-corrected chi connectivity index (χ0v) is 12.0. The van der Waals surface area contributed by atoms with Crippen molar-refractivity contribution in [3.8, 4) is 0 Å². The summed E-state index contributed by atoms with van der Waals surface area (Å²) < 4.78 is 19.1. The molecule has 3 nitrogen and oxygen atoms in total. The number of anilines is 1. The molecule has 1 aromatic carbocycles. The van der Waals surface area contributed by atoms with Gasteiger partial charge in [0.2, 0.25) is 0 Å². The van der Waals surface area contributed by atoms with Gasteiger partial charge in [0.25, 0.3) is 0 Å². The zero-order valence-electron chi connectivity index (χ0n) is 9.59. The van der Waals surface area contributed by atoms with E-state index in [1.165, 1.54) is 6.07 Å². The van der Waals surface area contributed by atoms with Gasteiger partial charge in [-0.05, 0) is 37.3 Å². The van der Waals surface area contributed by atoms with Crippen LogP contribution in [0, 0.1) is 5.82 Å². The van der Waals surface area contributed by atoms with Crippen molar-refractivity contribution in [1.29, 1.82) is 0 Å². The van der Waals surface area contributed by atoms with Crippen LogP contribution in [-0.2, 0) is 4.74 Å². The number of ether oxygens (including phenoxy) is 1. The van der Waals surface area contributed by atoms with E-state index in [1.807, 2.05) is 6.92 Å². The third-order valence-electron chi connectivity index (χ3n) is 1.97. The van der Waals surface area contributed by atoms with Gasteiger partial charge >= 0.3 is 0 Å². The van der Waals surface area contributed by atoms with Crippen molar-refractivity contribution in [3.63, 3.8) is 0 Å². The molecule has 1 atom stereocenters. The number of hydrogen-bond donors (Lipinski definition) is 2. The summed E-state index contributed by atoms with van der Waals surface area (Å²) in [4.78, 5) is 0. The molecule has 0 fully saturated rings. The highest BCUT2D eigenvalue weighted by atomic mass is 79.9. The zero-order chi connectivity index (χ0) is 12.8. The summed E-state index contributed by atoms with van der Waals surface area (Å²) in [5, 5.41) is 6.15. The van der Waals surface area contributed by atoms with Crippen LogP contribution in [0.25, 0.3) is 0 Å². The summed E-state index contributed by atoms with van der Waals surface area (Å²) in [7, 11) is 1.61. The van der Waals surface area contributed by atoms with Crippen molar-refractivity contribution in [1.82, 2.24) is 5.32 Å². The van der Waals surface area contributed by atoms with E-state index >= 15 is 0 Å². The molecular weight excluding hydrogens is 307 g/mol. The number of hydrogen-bond acceptors (Lipinski definition) is 2. The molecule has 2 N–H and O–H groups in total. The lowest BCUT2D eigenvalue weighted by Crippen LogP contribution is -2.38. The van der Waals surface area contributed by atoms with Crippen molar-refractivity contribution < 1.29 is 9.13 Å². The SMILES string of the molecule is COCC(C)NC(=S)Nc1ccc(Br)cc1F. The standard InChI is InChI=1S/C11H14BrFN2OS/c1-7(6-16-2)14-11(17)15-10-4-3-8(12)5-9(10)13/h3-5,7H,6H2,1-2H3,(H2,14,15,17). The van der Waals surface area contributed by atoms with Gasteiger partial charge in [0, 0.05) is 17.6 Å². The molecule has 17 heavy (non-hydrogen) atoms. The normalized spacial score (nSPS) is 12.0. The van der Waals surface area contributed by atoms with Gasteiger partial charge in [0.1, 0.15) is 5.82 Å². The van der Waals surface area contributed by atoms with E-state index < -0.39 is 0 Å². The number of nitrogens with one attached hydrogen (secondary N) is 2. The molecule has 0 radical (unpaired) electrons. The van der Waals surface area contributed by atoms with Crippen LogP contribution in [0.4, 0.5) is 10.1 Å². The summed E-state index contributed by atoms with van der Waals surface area (Å²) in [6.07, 6.45) is 0. The maximum Gasteiger partial charge on any atom is 0.171 e. The third-order valence-corrected chi connectivity index (χ3v) is 2.69. The van der Waals surface area contributed by atoms with E-state index in [0.29, 0.717) is 21.9 Å². The lowest BCUT2D eigenvalue weighted by molar-refractivity contribution is 0.179. The second-order valence-corrected chi connectivity index (χ2v) is 4.90. The van der Waals surface area contributed by atoms with Gasteiger partial charge in [-0.2, -0.15) is 0 Å². The van der Waals surface area contributed by atoms with Crippen LogP contribution in [0.5, 0.6) is 0 Å². The lowest BCUT2D eigenvalue weighted by atomic mass is 10.3. The minimum absolute atomic E-state index is 0.0681. The average molecular weight is 321 g/mol. The van der Waals surface area contributed by atoms with Gasteiger partial charge in [0.15, 0.2) is 5.11 Å². The van der Waals surface area contributed by atoms with E-state index in [1.54, 1.807) is 19.2 Å². The maximum atomic E-state index is 13.5. The Morgan fingerprint density at radius 3 is 2.88 bits per heavy atom. The van der Waals surface area contributed by atoms with Crippen LogP contribution in [-0.4, -0.2) is 24.9 Å². The van der Waals surface area contributed by atoms with Crippen LogP contribution >= 0.6 is 28.1 Å².